The Bertz CT molecular complexity index is 303. The van der Waals surface area contributed by atoms with Crippen molar-refractivity contribution in [2.24, 2.45) is 11.8 Å². The summed E-state index contributed by atoms with van der Waals surface area (Å²) in [6, 6.07) is 0. The number of hydrogen-bond donors (Lipinski definition) is 2. The van der Waals surface area contributed by atoms with Gasteiger partial charge in [0.15, 0.2) is 0 Å². The van der Waals surface area contributed by atoms with Gasteiger partial charge in [-0.2, -0.15) is 0 Å². The minimum Gasteiger partial charge on any atom is -0.459 e. The maximum Gasteiger partial charge on any atom is 0.309 e. The van der Waals surface area contributed by atoms with Crippen LogP contribution in [0.1, 0.15) is 52.4 Å². The van der Waals surface area contributed by atoms with Crippen molar-refractivity contribution < 1.29 is 14.6 Å². The van der Waals surface area contributed by atoms with Gasteiger partial charge in [-0.05, 0) is 65.5 Å². The van der Waals surface area contributed by atoms with E-state index in [9.17, 15) is 9.90 Å². The van der Waals surface area contributed by atoms with E-state index in [-0.39, 0.29) is 23.6 Å². The lowest BCUT2D eigenvalue weighted by molar-refractivity contribution is -0.169. The number of aliphatic hydroxyl groups is 1. The van der Waals surface area contributed by atoms with Gasteiger partial charge in [0.25, 0.3) is 0 Å². The highest BCUT2D eigenvalue weighted by molar-refractivity contribution is 5.73. The summed E-state index contributed by atoms with van der Waals surface area (Å²) >= 11 is 0. The molecule has 0 amide bonds. The molecule has 19 heavy (non-hydrogen) atoms. The van der Waals surface area contributed by atoms with E-state index in [1.54, 1.807) is 0 Å². The van der Waals surface area contributed by atoms with Crippen LogP contribution in [0.3, 0.4) is 0 Å². The van der Waals surface area contributed by atoms with Gasteiger partial charge in [0.05, 0.1) is 12.0 Å². The first kappa shape index (κ1) is 14.8. The molecule has 1 heterocycles. The molecule has 0 unspecified atom stereocenters. The highest BCUT2D eigenvalue weighted by Gasteiger charge is 2.36. The molecule has 2 aliphatic rings. The molecule has 110 valence electrons. The zero-order valence-corrected chi connectivity index (χ0v) is 12.2. The van der Waals surface area contributed by atoms with Crippen LogP contribution in [0, 0.1) is 11.8 Å². The van der Waals surface area contributed by atoms with Crippen LogP contribution in [0.4, 0.5) is 0 Å². The number of esters is 1. The van der Waals surface area contributed by atoms with Gasteiger partial charge in [-0.25, -0.2) is 0 Å². The average molecular weight is 269 g/mol. The Morgan fingerprint density at radius 3 is 2.26 bits per heavy atom. The van der Waals surface area contributed by atoms with Crippen molar-refractivity contribution in [3.05, 3.63) is 0 Å². The van der Waals surface area contributed by atoms with Gasteiger partial charge in [0, 0.05) is 5.92 Å². The van der Waals surface area contributed by atoms with Gasteiger partial charge in [0.2, 0.25) is 0 Å². The standard InChI is InChI=1S/C15H27NO3/c1-15(2,12-7-9-16-10-8-12)19-14(18)11-3-5-13(17)6-4-11/h11-13,16-17H,3-10H2,1-2H3. The molecule has 0 aromatic rings. The predicted molar refractivity (Wildman–Crippen MR) is 73.7 cm³/mol. The van der Waals surface area contributed by atoms with E-state index in [4.69, 9.17) is 4.74 Å². The third kappa shape index (κ3) is 3.93. The highest BCUT2D eigenvalue weighted by Crippen LogP contribution is 2.32. The van der Waals surface area contributed by atoms with Crippen LogP contribution < -0.4 is 5.32 Å². The van der Waals surface area contributed by atoms with E-state index in [0.717, 1.165) is 51.6 Å². The average Bonchev–Trinajstić information content (AvgIpc) is 2.40. The first-order valence-corrected chi connectivity index (χ1v) is 7.60. The van der Waals surface area contributed by atoms with E-state index < -0.39 is 0 Å². The SMILES string of the molecule is CC(C)(OC(=O)C1CCC(O)CC1)C1CCNCC1. The predicted octanol–water partition coefficient (Wildman–Crippen LogP) is 1.86. The van der Waals surface area contributed by atoms with Gasteiger partial charge >= 0.3 is 5.97 Å². The topological polar surface area (TPSA) is 58.6 Å². The fourth-order valence-corrected chi connectivity index (χ4v) is 3.25. The van der Waals surface area contributed by atoms with E-state index in [2.05, 4.69) is 5.32 Å². The summed E-state index contributed by atoms with van der Waals surface area (Å²) in [5.74, 6) is 0.381. The molecule has 1 aliphatic heterocycles. The Morgan fingerprint density at radius 1 is 1.11 bits per heavy atom. The zero-order valence-electron chi connectivity index (χ0n) is 12.2. The van der Waals surface area contributed by atoms with E-state index in [1.807, 2.05) is 13.8 Å². The second kappa shape index (κ2) is 6.23. The van der Waals surface area contributed by atoms with E-state index >= 15 is 0 Å². The fraction of sp³-hybridized carbons (Fsp3) is 0.933. The van der Waals surface area contributed by atoms with Crippen molar-refractivity contribution in [1.29, 1.82) is 0 Å². The molecule has 0 radical (unpaired) electrons. The lowest BCUT2D eigenvalue weighted by atomic mass is 9.82. The molecule has 2 fully saturated rings. The van der Waals surface area contributed by atoms with Crippen LogP contribution in [0.25, 0.3) is 0 Å². The summed E-state index contributed by atoms with van der Waals surface area (Å²) < 4.78 is 5.80. The fourth-order valence-electron chi connectivity index (χ4n) is 3.25. The minimum atomic E-state index is -0.366. The Hall–Kier alpha value is -0.610. The lowest BCUT2D eigenvalue weighted by Crippen LogP contribution is -2.44. The summed E-state index contributed by atoms with van der Waals surface area (Å²) in [6.07, 6.45) is 4.92. The largest absolute Gasteiger partial charge is 0.459 e. The van der Waals surface area contributed by atoms with Crippen molar-refractivity contribution in [3.8, 4) is 0 Å². The monoisotopic (exact) mass is 269 g/mol. The Kier molecular flexibility index (Phi) is 4.85. The molecule has 4 heteroatoms. The minimum absolute atomic E-state index is 0.00982. The van der Waals surface area contributed by atoms with Crippen molar-refractivity contribution >= 4 is 5.97 Å². The summed E-state index contributed by atoms with van der Waals surface area (Å²) in [6.45, 7) is 6.11. The van der Waals surface area contributed by atoms with Gasteiger partial charge in [0.1, 0.15) is 5.60 Å². The van der Waals surface area contributed by atoms with Crippen LogP contribution in [-0.4, -0.2) is 35.9 Å². The number of carbonyl (C=O) groups is 1. The van der Waals surface area contributed by atoms with E-state index in [1.165, 1.54) is 0 Å². The quantitative estimate of drug-likeness (QED) is 0.768. The molecule has 1 aliphatic carbocycles. The summed E-state index contributed by atoms with van der Waals surface area (Å²) in [5, 5.41) is 12.8. The number of carbonyl (C=O) groups excluding carboxylic acids is 1. The second-order valence-electron chi connectivity index (χ2n) is 6.55. The molecule has 0 spiro atoms. The zero-order chi connectivity index (χ0) is 13.9. The van der Waals surface area contributed by atoms with Crippen molar-refractivity contribution in [2.45, 2.75) is 64.1 Å². The Balaban J connectivity index is 1.86. The molecule has 1 saturated heterocycles. The molecule has 0 bridgehead atoms. The summed E-state index contributed by atoms with van der Waals surface area (Å²) in [7, 11) is 0. The molecular weight excluding hydrogens is 242 g/mol. The van der Waals surface area contributed by atoms with Crippen LogP contribution in [-0.2, 0) is 9.53 Å². The molecule has 0 aromatic carbocycles. The number of nitrogens with one attached hydrogen (secondary N) is 1. The van der Waals surface area contributed by atoms with Crippen molar-refractivity contribution in [3.63, 3.8) is 0 Å². The van der Waals surface area contributed by atoms with Crippen LogP contribution in [0.5, 0.6) is 0 Å². The van der Waals surface area contributed by atoms with Gasteiger partial charge in [-0.3, -0.25) is 4.79 Å². The third-order valence-corrected chi connectivity index (χ3v) is 4.72. The third-order valence-electron chi connectivity index (χ3n) is 4.72. The number of aliphatic hydroxyl groups excluding tert-OH is 1. The van der Waals surface area contributed by atoms with Crippen LogP contribution >= 0.6 is 0 Å². The van der Waals surface area contributed by atoms with Gasteiger partial charge in [-0.1, -0.05) is 0 Å². The molecule has 0 atom stereocenters. The number of ether oxygens (including phenoxy) is 1. The molecule has 0 aromatic heterocycles. The van der Waals surface area contributed by atoms with Crippen LogP contribution in [0.2, 0.25) is 0 Å². The van der Waals surface area contributed by atoms with Crippen LogP contribution in [0.15, 0.2) is 0 Å². The van der Waals surface area contributed by atoms with Gasteiger partial charge in [-0.15, -0.1) is 0 Å². The first-order chi connectivity index (χ1) is 8.99. The molecule has 4 nitrogen and oxygen atoms in total. The highest BCUT2D eigenvalue weighted by atomic mass is 16.6. The Morgan fingerprint density at radius 2 is 1.68 bits per heavy atom. The first-order valence-electron chi connectivity index (χ1n) is 7.60. The van der Waals surface area contributed by atoms with E-state index in [0.29, 0.717) is 5.92 Å². The normalized spacial score (nSPS) is 30.1. The molecule has 2 N–H and O–H groups in total. The Labute approximate surface area is 115 Å². The second-order valence-corrected chi connectivity index (χ2v) is 6.55. The number of piperidine rings is 1. The maximum atomic E-state index is 12.2. The maximum absolute atomic E-state index is 12.2. The van der Waals surface area contributed by atoms with Crippen molar-refractivity contribution in [1.82, 2.24) is 5.32 Å². The smallest absolute Gasteiger partial charge is 0.309 e. The number of rotatable bonds is 3. The summed E-state index contributed by atoms with van der Waals surface area (Å²) in [5.41, 5.74) is -0.366. The summed E-state index contributed by atoms with van der Waals surface area (Å²) in [4.78, 5) is 12.2. The lowest BCUT2D eigenvalue weighted by Gasteiger charge is -2.38. The van der Waals surface area contributed by atoms with Crippen molar-refractivity contribution in [2.75, 3.05) is 13.1 Å². The number of hydrogen-bond acceptors (Lipinski definition) is 4. The molecular formula is C15H27NO3. The van der Waals surface area contributed by atoms with Gasteiger partial charge < -0.3 is 15.2 Å². The molecule has 2 rings (SSSR count). The molecule has 1 saturated carbocycles.